The van der Waals surface area contributed by atoms with E-state index in [0.29, 0.717) is 6.42 Å². The van der Waals surface area contributed by atoms with Crippen LogP contribution in [0.4, 0.5) is 0 Å². The van der Waals surface area contributed by atoms with E-state index < -0.39 is 0 Å². The molecule has 108 valence electrons. The Labute approximate surface area is 120 Å². The van der Waals surface area contributed by atoms with Crippen molar-refractivity contribution in [3.05, 3.63) is 36.0 Å². The summed E-state index contributed by atoms with van der Waals surface area (Å²) in [7, 11) is 1.68. The van der Waals surface area contributed by atoms with Crippen LogP contribution in [0.15, 0.2) is 30.5 Å². The maximum absolute atomic E-state index is 11.2. The number of fused-ring (bicyclic) bond motifs is 1. The summed E-state index contributed by atoms with van der Waals surface area (Å²) in [5.74, 6) is 0.106. The lowest BCUT2D eigenvalue weighted by Crippen LogP contribution is -2.17. The van der Waals surface area contributed by atoms with Crippen LogP contribution in [-0.2, 0) is 17.9 Å². The van der Waals surface area contributed by atoms with Gasteiger partial charge in [-0.3, -0.25) is 4.79 Å². The van der Waals surface area contributed by atoms with E-state index in [4.69, 9.17) is 0 Å². The van der Waals surface area contributed by atoms with Gasteiger partial charge in [0.25, 0.3) is 0 Å². The van der Waals surface area contributed by atoms with Gasteiger partial charge in [-0.1, -0.05) is 19.1 Å². The molecule has 0 aliphatic heterocycles. The number of hydrogen-bond acceptors (Lipinski definition) is 2. The fraction of sp³-hybridized carbons (Fsp3) is 0.438. The summed E-state index contributed by atoms with van der Waals surface area (Å²) in [4.78, 5) is 11.2. The molecule has 0 aliphatic carbocycles. The Morgan fingerprint density at radius 1 is 1.30 bits per heavy atom. The molecule has 1 aromatic carbocycles. The SMILES string of the molecule is CCNCc1cccc2c1ccn2CCCC(=O)NC. The third kappa shape index (κ3) is 3.39. The molecule has 4 heteroatoms. The Bertz CT molecular complexity index is 574. The highest BCUT2D eigenvalue weighted by Crippen LogP contribution is 2.20. The van der Waals surface area contributed by atoms with Gasteiger partial charge >= 0.3 is 0 Å². The zero-order valence-electron chi connectivity index (χ0n) is 12.3. The van der Waals surface area contributed by atoms with Gasteiger partial charge in [0, 0.05) is 43.7 Å². The van der Waals surface area contributed by atoms with Gasteiger partial charge in [-0.05, 0) is 30.7 Å². The highest BCUT2D eigenvalue weighted by Gasteiger charge is 2.05. The van der Waals surface area contributed by atoms with Gasteiger partial charge in [0.1, 0.15) is 0 Å². The lowest BCUT2D eigenvalue weighted by molar-refractivity contribution is -0.120. The largest absolute Gasteiger partial charge is 0.359 e. The number of aromatic nitrogens is 1. The van der Waals surface area contributed by atoms with Crippen molar-refractivity contribution in [2.75, 3.05) is 13.6 Å². The summed E-state index contributed by atoms with van der Waals surface area (Å²) in [6.07, 6.45) is 3.55. The lowest BCUT2D eigenvalue weighted by Gasteiger charge is -2.07. The summed E-state index contributed by atoms with van der Waals surface area (Å²) in [6.45, 7) is 4.87. The zero-order valence-corrected chi connectivity index (χ0v) is 12.3. The summed E-state index contributed by atoms with van der Waals surface area (Å²) in [5, 5.41) is 7.33. The normalized spacial score (nSPS) is 10.9. The van der Waals surface area contributed by atoms with E-state index in [1.807, 2.05) is 0 Å². The van der Waals surface area contributed by atoms with Gasteiger partial charge in [0.15, 0.2) is 0 Å². The van der Waals surface area contributed by atoms with Gasteiger partial charge in [-0.15, -0.1) is 0 Å². The summed E-state index contributed by atoms with van der Waals surface area (Å²) >= 11 is 0. The number of nitrogens with one attached hydrogen (secondary N) is 2. The van der Waals surface area contributed by atoms with E-state index in [9.17, 15) is 4.79 Å². The predicted molar refractivity (Wildman–Crippen MR) is 82.6 cm³/mol. The minimum atomic E-state index is 0.106. The molecule has 0 fully saturated rings. The van der Waals surface area contributed by atoms with Gasteiger partial charge in [0.05, 0.1) is 0 Å². The van der Waals surface area contributed by atoms with E-state index in [1.54, 1.807) is 7.05 Å². The van der Waals surface area contributed by atoms with Crippen molar-refractivity contribution >= 4 is 16.8 Å². The maximum atomic E-state index is 11.2. The molecule has 0 atom stereocenters. The Kier molecular flexibility index (Phi) is 5.18. The van der Waals surface area contributed by atoms with Crippen molar-refractivity contribution in [2.45, 2.75) is 32.9 Å². The highest BCUT2D eigenvalue weighted by molar-refractivity contribution is 5.83. The molecule has 0 radical (unpaired) electrons. The third-order valence-electron chi connectivity index (χ3n) is 3.55. The van der Waals surface area contributed by atoms with Crippen molar-refractivity contribution in [3.8, 4) is 0 Å². The molecule has 1 aromatic heterocycles. The van der Waals surface area contributed by atoms with Gasteiger partial charge in [-0.2, -0.15) is 0 Å². The Balaban J connectivity index is 2.09. The van der Waals surface area contributed by atoms with Crippen LogP contribution < -0.4 is 10.6 Å². The molecular weight excluding hydrogens is 250 g/mol. The van der Waals surface area contributed by atoms with Crippen LogP contribution in [0.25, 0.3) is 10.9 Å². The fourth-order valence-electron chi connectivity index (χ4n) is 2.43. The second-order valence-electron chi connectivity index (χ2n) is 4.92. The number of rotatable bonds is 7. The number of carbonyl (C=O) groups is 1. The minimum absolute atomic E-state index is 0.106. The van der Waals surface area contributed by atoms with Gasteiger partial charge in [-0.25, -0.2) is 0 Å². The molecule has 1 heterocycles. The first-order chi connectivity index (χ1) is 9.76. The number of benzene rings is 1. The smallest absolute Gasteiger partial charge is 0.219 e. The molecule has 20 heavy (non-hydrogen) atoms. The molecule has 4 nitrogen and oxygen atoms in total. The molecule has 0 spiro atoms. The molecule has 0 saturated heterocycles. The Hall–Kier alpha value is -1.81. The zero-order chi connectivity index (χ0) is 14.4. The summed E-state index contributed by atoms with van der Waals surface area (Å²) in [5.41, 5.74) is 2.58. The topological polar surface area (TPSA) is 46.1 Å². The monoisotopic (exact) mass is 273 g/mol. The molecular formula is C16H23N3O. The van der Waals surface area contributed by atoms with E-state index >= 15 is 0 Å². The molecule has 0 saturated carbocycles. The van der Waals surface area contributed by atoms with Crippen LogP contribution in [-0.4, -0.2) is 24.1 Å². The van der Waals surface area contributed by atoms with Crippen LogP contribution in [0.1, 0.15) is 25.3 Å². The van der Waals surface area contributed by atoms with Crippen molar-refractivity contribution in [3.63, 3.8) is 0 Å². The minimum Gasteiger partial charge on any atom is -0.359 e. The quantitative estimate of drug-likeness (QED) is 0.813. The van der Waals surface area contributed by atoms with Gasteiger partial charge < -0.3 is 15.2 Å². The second kappa shape index (κ2) is 7.10. The molecule has 0 bridgehead atoms. The average Bonchev–Trinajstić information content (AvgIpc) is 2.89. The van der Waals surface area contributed by atoms with Crippen LogP contribution in [0, 0.1) is 0 Å². The van der Waals surface area contributed by atoms with Crippen LogP contribution in [0.3, 0.4) is 0 Å². The Morgan fingerprint density at radius 2 is 2.15 bits per heavy atom. The molecule has 0 unspecified atom stereocenters. The average molecular weight is 273 g/mol. The van der Waals surface area contributed by atoms with Crippen molar-refractivity contribution in [1.82, 2.24) is 15.2 Å². The number of nitrogens with zero attached hydrogens (tertiary/aromatic N) is 1. The van der Waals surface area contributed by atoms with E-state index in [0.717, 1.165) is 26.1 Å². The van der Waals surface area contributed by atoms with Crippen LogP contribution in [0.5, 0.6) is 0 Å². The third-order valence-corrected chi connectivity index (χ3v) is 3.55. The predicted octanol–water partition coefficient (Wildman–Crippen LogP) is 2.28. The van der Waals surface area contributed by atoms with Crippen LogP contribution in [0.2, 0.25) is 0 Å². The number of hydrogen-bond donors (Lipinski definition) is 2. The maximum Gasteiger partial charge on any atom is 0.219 e. The highest BCUT2D eigenvalue weighted by atomic mass is 16.1. The van der Waals surface area contributed by atoms with Crippen molar-refractivity contribution in [1.29, 1.82) is 0 Å². The fourth-order valence-corrected chi connectivity index (χ4v) is 2.43. The standard InChI is InChI=1S/C16H23N3O/c1-3-18-12-13-6-4-7-15-14(13)9-11-19(15)10-5-8-16(20)17-2/h4,6-7,9,11,18H,3,5,8,10,12H2,1-2H3,(H,17,20). The Morgan fingerprint density at radius 3 is 2.90 bits per heavy atom. The summed E-state index contributed by atoms with van der Waals surface area (Å²) < 4.78 is 2.23. The van der Waals surface area contributed by atoms with Crippen LogP contribution >= 0.6 is 0 Å². The van der Waals surface area contributed by atoms with Gasteiger partial charge in [0.2, 0.25) is 5.91 Å². The molecule has 2 rings (SSSR count). The number of carbonyl (C=O) groups excluding carboxylic acids is 1. The first-order valence-electron chi connectivity index (χ1n) is 7.24. The molecule has 0 aliphatic rings. The van der Waals surface area contributed by atoms with E-state index in [-0.39, 0.29) is 5.91 Å². The molecule has 1 amide bonds. The first kappa shape index (κ1) is 14.6. The molecule has 2 N–H and O–H groups in total. The second-order valence-corrected chi connectivity index (χ2v) is 4.92. The lowest BCUT2D eigenvalue weighted by atomic mass is 10.1. The number of amides is 1. The van der Waals surface area contributed by atoms with Crippen molar-refractivity contribution in [2.24, 2.45) is 0 Å². The van der Waals surface area contributed by atoms with E-state index in [2.05, 4.69) is 52.6 Å². The van der Waals surface area contributed by atoms with Crippen molar-refractivity contribution < 1.29 is 4.79 Å². The summed E-state index contributed by atoms with van der Waals surface area (Å²) in [6, 6.07) is 8.58. The molecule has 2 aromatic rings. The van der Waals surface area contributed by atoms with E-state index in [1.165, 1.54) is 16.5 Å². The number of aryl methyl sites for hydroxylation is 1. The first-order valence-corrected chi connectivity index (χ1v) is 7.24.